The molecule has 0 radical (unpaired) electrons. The lowest BCUT2D eigenvalue weighted by atomic mass is 10.0. The summed E-state index contributed by atoms with van der Waals surface area (Å²) in [6.07, 6.45) is -2.57. The number of aromatic nitrogens is 1. The number of aromatic hydroxyl groups is 1. The molecular weight excluding hydrogens is 1290 g/mol. The predicted octanol–water partition coefficient (Wildman–Crippen LogP) is -1.88. The van der Waals surface area contributed by atoms with E-state index < -0.39 is 186 Å². The molecular formula is C64H85N13O17S2. The smallest absolute Gasteiger partial charge is 0.305 e. The van der Waals surface area contributed by atoms with Crippen LogP contribution in [0, 0.1) is 5.92 Å². The van der Waals surface area contributed by atoms with Crippen LogP contribution in [0.4, 0.5) is 0 Å². The third-order valence-electron chi connectivity index (χ3n) is 16.3. The Bertz CT molecular complexity index is 3430. The largest absolute Gasteiger partial charge is 0.508 e. The molecule has 12 atom stereocenters. The number of aliphatic hydroxyl groups excluding tert-OH is 1. The van der Waals surface area contributed by atoms with Crippen molar-refractivity contribution in [1.29, 1.82) is 0 Å². The molecule has 2 saturated heterocycles. The van der Waals surface area contributed by atoms with Crippen LogP contribution < -0.4 is 58.9 Å². The maximum atomic E-state index is 15.1. The third-order valence-corrected chi connectivity index (χ3v) is 17.0. The van der Waals surface area contributed by atoms with Crippen molar-refractivity contribution >= 4 is 113 Å². The van der Waals surface area contributed by atoms with Crippen molar-refractivity contribution in [2.75, 3.05) is 24.6 Å². The van der Waals surface area contributed by atoms with Gasteiger partial charge in [-0.15, -0.1) is 0 Å². The van der Waals surface area contributed by atoms with Gasteiger partial charge in [0.05, 0.1) is 12.5 Å². The number of rotatable bonds is 19. The first-order chi connectivity index (χ1) is 45.7. The second-order valence-corrected chi connectivity index (χ2v) is 24.7. The number of benzene rings is 3. The second kappa shape index (κ2) is 36.6. The number of hydrogen-bond acceptors (Lipinski definition) is 18. The normalized spacial score (nSPS) is 24.9. The average molecular weight is 1370 g/mol. The molecule has 2 aliphatic rings. The van der Waals surface area contributed by atoms with Crippen LogP contribution in [0.1, 0.15) is 88.8 Å². The monoisotopic (exact) mass is 1370 g/mol. The summed E-state index contributed by atoms with van der Waals surface area (Å²) in [7, 11) is 0. The summed E-state index contributed by atoms with van der Waals surface area (Å²) in [4.78, 5) is 188. The van der Waals surface area contributed by atoms with Gasteiger partial charge < -0.3 is 89.2 Å². The van der Waals surface area contributed by atoms with E-state index in [-0.39, 0.29) is 63.8 Å². The molecule has 0 aliphatic carbocycles. The van der Waals surface area contributed by atoms with Gasteiger partial charge in [-0.05, 0) is 92.8 Å². The Balaban J connectivity index is 1.44. The number of nitrogens with one attached hydrogen (secondary N) is 11. The SMILES string of the molecule is CC(C)[C@@H]1NC(=O)[C@H](CS)NC(=O)[C@H](Cc2ccc(O)cc2)NC(=O)[C@H](CCCCN)NC(=O)[C@H](Cc2c[nH]c3ccccc23)NC(=O)[C@H](Cc2ccccc2)NC(=O)[C@H](CS)NC(=O)[C@H](CC(=O)O)NC(=O)[C@@H]2CCCN2C(=O)[C@H]([C@@H](C)O)NC(=O)[C@H](CCC(=O)O)NC1=O. The van der Waals surface area contributed by atoms with Gasteiger partial charge in [-0.1, -0.05) is 74.5 Å². The zero-order valence-electron chi connectivity index (χ0n) is 53.2. The first-order valence-electron chi connectivity index (χ1n) is 31.5. The summed E-state index contributed by atoms with van der Waals surface area (Å²) < 4.78 is 0. The van der Waals surface area contributed by atoms with Gasteiger partial charge >= 0.3 is 11.9 Å². The fourth-order valence-electron chi connectivity index (χ4n) is 11.0. The van der Waals surface area contributed by atoms with E-state index in [1.807, 2.05) is 0 Å². The van der Waals surface area contributed by atoms with Crippen LogP contribution >= 0.6 is 25.3 Å². The highest BCUT2D eigenvalue weighted by molar-refractivity contribution is 7.80. The fourth-order valence-corrected chi connectivity index (χ4v) is 11.5. The minimum atomic E-state index is -1.93. The van der Waals surface area contributed by atoms with Crippen LogP contribution in [0.5, 0.6) is 5.75 Å². The number of carbonyl (C=O) groups is 13. The average Bonchev–Trinajstić information content (AvgIpc) is 1.56. The molecule has 3 heterocycles. The summed E-state index contributed by atoms with van der Waals surface area (Å²) in [5.74, 6) is -16.0. The van der Waals surface area contributed by atoms with Crippen LogP contribution in [0.3, 0.4) is 0 Å². The van der Waals surface area contributed by atoms with Gasteiger partial charge in [0.1, 0.15) is 72.2 Å². The zero-order valence-corrected chi connectivity index (χ0v) is 55.0. The molecule has 17 N–H and O–H groups in total. The number of carboxylic acids is 2. The molecule has 3 aromatic carbocycles. The number of nitrogens with two attached hydrogens (primary N) is 1. The Morgan fingerprint density at radius 1 is 0.531 bits per heavy atom. The quantitative estimate of drug-likeness (QED) is 0.0361. The molecule has 30 nitrogen and oxygen atoms in total. The first kappa shape index (κ1) is 75.8. The van der Waals surface area contributed by atoms with Crippen LogP contribution in [0.2, 0.25) is 0 Å². The Kier molecular flexibility index (Phi) is 28.9. The summed E-state index contributed by atoms with van der Waals surface area (Å²) in [5, 5.41) is 67.0. The van der Waals surface area contributed by atoms with Crippen molar-refractivity contribution in [3.63, 3.8) is 0 Å². The number of carboxylic acid groups (broad SMARTS) is 2. The Hall–Kier alpha value is -9.27. The number of thiol groups is 2. The number of amides is 11. The molecule has 0 unspecified atom stereocenters. The highest BCUT2D eigenvalue weighted by Crippen LogP contribution is 2.23. The molecule has 2 fully saturated rings. The summed E-state index contributed by atoms with van der Waals surface area (Å²) >= 11 is 8.63. The molecule has 1 aromatic heterocycles. The number of hydrogen-bond donors (Lipinski definition) is 18. The lowest BCUT2D eigenvalue weighted by Crippen LogP contribution is -2.62. The van der Waals surface area contributed by atoms with Crippen molar-refractivity contribution in [2.24, 2.45) is 11.7 Å². The summed E-state index contributed by atoms with van der Waals surface area (Å²) in [6.45, 7) is 4.18. The van der Waals surface area contributed by atoms with Gasteiger partial charge in [-0.25, -0.2) is 0 Å². The van der Waals surface area contributed by atoms with E-state index in [0.717, 1.165) is 11.8 Å². The van der Waals surface area contributed by atoms with Crippen LogP contribution in [0.15, 0.2) is 85.1 Å². The van der Waals surface area contributed by atoms with Crippen molar-refractivity contribution in [3.05, 3.63) is 102 Å². The first-order valence-corrected chi connectivity index (χ1v) is 32.7. The lowest BCUT2D eigenvalue weighted by molar-refractivity contribution is -0.146. The maximum absolute atomic E-state index is 15.1. The number of H-pyrrole nitrogens is 1. The number of aliphatic hydroxyl groups is 1. The molecule has 4 aromatic rings. The molecule has 32 heteroatoms. The highest BCUT2D eigenvalue weighted by atomic mass is 32.1. The second-order valence-electron chi connectivity index (χ2n) is 23.9. The molecule has 520 valence electrons. The highest BCUT2D eigenvalue weighted by Gasteiger charge is 2.43. The number of phenols is 1. The summed E-state index contributed by atoms with van der Waals surface area (Å²) in [6, 6.07) is 3.28. The van der Waals surface area contributed by atoms with Gasteiger partial charge in [0.25, 0.3) is 0 Å². The number of phenolic OH excluding ortho intramolecular Hbond substituents is 1. The number of carbonyl (C=O) groups excluding carboxylic acids is 11. The van der Waals surface area contributed by atoms with E-state index in [0.29, 0.717) is 34.0 Å². The minimum Gasteiger partial charge on any atom is -0.508 e. The van der Waals surface area contributed by atoms with Crippen molar-refractivity contribution in [3.8, 4) is 5.75 Å². The molecule has 0 spiro atoms. The molecule has 0 bridgehead atoms. The van der Waals surface area contributed by atoms with Gasteiger partial charge in [-0.2, -0.15) is 25.3 Å². The zero-order chi connectivity index (χ0) is 70.3. The van der Waals surface area contributed by atoms with E-state index in [1.54, 1.807) is 60.8 Å². The minimum absolute atomic E-state index is 0.0710. The number of para-hydroxylation sites is 1. The summed E-state index contributed by atoms with van der Waals surface area (Å²) in [5.41, 5.74) is 8.02. The predicted molar refractivity (Wildman–Crippen MR) is 354 cm³/mol. The number of aromatic amines is 1. The molecule has 6 rings (SSSR count). The van der Waals surface area contributed by atoms with Crippen LogP contribution in [-0.2, 0) is 81.6 Å². The molecule has 0 saturated carbocycles. The number of unbranched alkanes of at least 4 members (excludes halogenated alkanes) is 1. The molecule has 2 aliphatic heterocycles. The van der Waals surface area contributed by atoms with Crippen molar-refractivity contribution in [1.82, 2.24) is 63.1 Å². The molecule has 96 heavy (non-hydrogen) atoms. The van der Waals surface area contributed by atoms with E-state index in [1.165, 1.54) is 38.1 Å². The van der Waals surface area contributed by atoms with Crippen molar-refractivity contribution in [2.45, 2.75) is 164 Å². The van der Waals surface area contributed by atoms with Crippen LogP contribution in [0.25, 0.3) is 10.9 Å². The third kappa shape index (κ3) is 21.9. The van der Waals surface area contributed by atoms with Gasteiger partial charge in [-0.3, -0.25) is 62.3 Å². The van der Waals surface area contributed by atoms with E-state index in [9.17, 15) is 78.0 Å². The maximum Gasteiger partial charge on any atom is 0.305 e. The van der Waals surface area contributed by atoms with Gasteiger partial charge in [0, 0.05) is 60.8 Å². The van der Waals surface area contributed by atoms with E-state index in [2.05, 4.69) is 83.4 Å². The Morgan fingerprint density at radius 2 is 1.00 bits per heavy atom. The number of nitrogens with zero attached hydrogens (tertiary/aromatic N) is 1. The van der Waals surface area contributed by atoms with Gasteiger partial charge in [0.2, 0.25) is 65.0 Å². The Morgan fingerprint density at radius 3 is 1.56 bits per heavy atom. The standard InChI is InChI=1S/C64H85N13O17S2/c1-33(2)52-63(93)68-42(22-23-50(80)81)55(85)76-53(34(3)78)64(94)77-25-11-17-49(77)62(92)72-46(29-51(82)83)59(89)73-47(31-95)60(90)70-43(26-35-12-5-4-6-13-35)56(86)71-45(28-37-30-66-40-15-8-7-14-39(37)40)58(88)67-41(16-9-10-24-65)54(84)69-44(27-36-18-20-38(79)21-19-36)57(87)74-48(32-96)61(91)75-52/h4-8,12-15,18-21,30,33-34,41-49,52-53,66,78-79,95-96H,9-11,16-17,22-29,31-32,65H2,1-3H3,(H,67,88)(H,68,93)(H,69,84)(H,70,90)(H,71,86)(H,72,92)(H,73,89)(H,74,87)(H,75,91)(H,76,85)(H,80,81)(H,82,83)/t34-,41+,42+,43+,44+,45+,46+,47+,48+,49+,52+,53+/m1/s1. The number of fused-ring (bicyclic) bond motifs is 2. The topological polar surface area (TPSA) is 468 Å². The van der Waals surface area contributed by atoms with Crippen LogP contribution in [-0.4, -0.2) is 204 Å². The molecule has 11 amide bonds. The van der Waals surface area contributed by atoms with Crippen molar-refractivity contribution < 1.29 is 82.8 Å². The Labute approximate surface area is 564 Å². The number of aliphatic carboxylic acids is 2. The van der Waals surface area contributed by atoms with E-state index >= 15 is 4.79 Å². The lowest BCUT2D eigenvalue weighted by Gasteiger charge is -2.32. The van der Waals surface area contributed by atoms with E-state index in [4.69, 9.17) is 5.73 Å². The fraction of sp³-hybridized carbons (Fsp3) is 0.484. The van der Waals surface area contributed by atoms with Gasteiger partial charge in [0.15, 0.2) is 0 Å².